The molecule has 20 heavy (non-hydrogen) atoms. The van der Waals surface area contributed by atoms with Gasteiger partial charge in [-0.25, -0.2) is 0 Å². The molecule has 0 spiro atoms. The maximum Gasteiger partial charge on any atom is 0.294 e. The molecule has 108 valence electrons. The van der Waals surface area contributed by atoms with E-state index in [4.69, 9.17) is 10.6 Å². The number of rotatable bonds is 4. The maximum atomic E-state index is 12.1. The average Bonchev–Trinajstić information content (AvgIpc) is 2.47. The standard InChI is InChI=1S/C12H16N4O4/c13-15-10-2-1-8(7-11(10)16(18)19)12(17)14-9-3-5-20-6-4-9/h1-2,7,9,15H,3-6,13H2,(H,14,17). The molecule has 0 bridgehead atoms. The normalized spacial score (nSPS) is 15.7. The molecule has 0 unspecified atom stereocenters. The lowest BCUT2D eigenvalue weighted by Crippen LogP contribution is -2.38. The number of amides is 1. The van der Waals surface area contributed by atoms with E-state index in [2.05, 4.69) is 10.7 Å². The average molecular weight is 280 g/mol. The number of nitro groups is 1. The van der Waals surface area contributed by atoms with Crippen LogP contribution in [0, 0.1) is 10.1 Å². The lowest BCUT2D eigenvalue weighted by atomic mass is 10.1. The number of nitrogens with two attached hydrogens (primary N) is 1. The number of hydrazine groups is 1. The van der Waals surface area contributed by atoms with Crippen LogP contribution in [0.4, 0.5) is 11.4 Å². The molecule has 0 radical (unpaired) electrons. The van der Waals surface area contributed by atoms with Gasteiger partial charge in [0.2, 0.25) is 0 Å². The van der Waals surface area contributed by atoms with E-state index in [0.29, 0.717) is 13.2 Å². The summed E-state index contributed by atoms with van der Waals surface area (Å²) in [6.07, 6.45) is 1.49. The molecule has 8 heteroatoms. The van der Waals surface area contributed by atoms with Crippen LogP contribution in [0.2, 0.25) is 0 Å². The van der Waals surface area contributed by atoms with Crippen molar-refractivity contribution in [2.45, 2.75) is 18.9 Å². The molecule has 0 atom stereocenters. The predicted octanol–water partition coefficient (Wildman–Crippen LogP) is 0.789. The molecule has 0 aromatic heterocycles. The van der Waals surface area contributed by atoms with Crippen LogP contribution in [-0.4, -0.2) is 30.1 Å². The fourth-order valence-corrected chi connectivity index (χ4v) is 2.06. The van der Waals surface area contributed by atoms with Crippen LogP contribution in [0.5, 0.6) is 0 Å². The van der Waals surface area contributed by atoms with Crippen LogP contribution in [0.15, 0.2) is 18.2 Å². The fourth-order valence-electron chi connectivity index (χ4n) is 2.06. The number of nitrogens with one attached hydrogen (secondary N) is 2. The molecule has 1 aliphatic heterocycles. The molecule has 0 aliphatic carbocycles. The van der Waals surface area contributed by atoms with E-state index in [1.807, 2.05) is 0 Å². The second kappa shape index (κ2) is 6.31. The van der Waals surface area contributed by atoms with Gasteiger partial charge < -0.3 is 15.5 Å². The van der Waals surface area contributed by atoms with Crippen molar-refractivity contribution in [3.8, 4) is 0 Å². The van der Waals surface area contributed by atoms with Crippen molar-refractivity contribution in [2.24, 2.45) is 5.84 Å². The molecule has 1 fully saturated rings. The van der Waals surface area contributed by atoms with Crippen molar-refractivity contribution in [3.05, 3.63) is 33.9 Å². The third kappa shape index (κ3) is 3.22. The Bertz CT molecular complexity index is 514. The largest absolute Gasteiger partial charge is 0.381 e. The summed E-state index contributed by atoms with van der Waals surface area (Å²) in [5, 5.41) is 13.8. The van der Waals surface area contributed by atoms with E-state index >= 15 is 0 Å². The van der Waals surface area contributed by atoms with Crippen LogP contribution >= 0.6 is 0 Å². The van der Waals surface area contributed by atoms with Gasteiger partial charge in [-0.1, -0.05) is 0 Å². The van der Waals surface area contributed by atoms with E-state index in [-0.39, 0.29) is 28.9 Å². The van der Waals surface area contributed by atoms with E-state index in [0.717, 1.165) is 12.8 Å². The smallest absolute Gasteiger partial charge is 0.294 e. The molecular weight excluding hydrogens is 264 g/mol. The molecule has 1 saturated heterocycles. The Hall–Kier alpha value is -2.19. The van der Waals surface area contributed by atoms with Crippen molar-refractivity contribution in [2.75, 3.05) is 18.6 Å². The molecule has 1 aromatic rings. The molecule has 2 rings (SSSR count). The lowest BCUT2D eigenvalue weighted by molar-refractivity contribution is -0.384. The number of hydrogen-bond acceptors (Lipinski definition) is 6. The topological polar surface area (TPSA) is 120 Å². The number of hydrogen-bond donors (Lipinski definition) is 3. The summed E-state index contributed by atoms with van der Waals surface area (Å²) >= 11 is 0. The van der Waals surface area contributed by atoms with Crippen molar-refractivity contribution in [1.29, 1.82) is 0 Å². The first-order valence-electron chi connectivity index (χ1n) is 6.25. The first-order valence-corrected chi connectivity index (χ1v) is 6.25. The third-order valence-electron chi connectivity index (χ3n) is 3.17. The first-order chi connectivity index (χ1) is 9.61. The molecule has 1 aliphatic rings. The number of benzene rings is 1. The Morgan fingerprint density at radius 2 is 2.10 bits per heavy atom. The van der Waals surface area contributed by atoms with Gasteiger partial charge in [0.05, 0.1) is 4.92 Å². The minimum atomic E-state index is -0.583. The van der Waals surface area contributed by atoms with Crippen LogP contribution in [0.25, 0.3) is 0 Å². The zero-order chi connectivity index (χ0) is 14.5. The van der Waals surface area contributed by atoms with Gasteiger partial charge in [-0.2, -0.15) is 0 Å². The lowest BCUT2D eigenvalue weighted by Gasteiger charge is -2.23. The summed E-state index contributed by atoms with van der Waals surface area (Å²) in [7, 11) is 0. The number of nitro benzene ring substituents is 1. The van der Waals surface area contributed by atoms with Gasteiger partial charge in [-0.05, 0) is 25.0 Å². The number of anilines is 1. The van der Waals surface area contributed by atoms with Crippen LogP contribution in [0.3, 0.4) is 0 Å². The molecule has 8 nitrogen and oxygen atoms in total. The Balaban J connectivity index is 2.13. The molecule has 0 saturated carbocycles. The van der Waals surface area contributed by atoms with E-state index in [9.17, 15) is 14.9 Å². The van der Waals surface area contributed by atoms with Crippen molar-refractivity contribution < 1.29 is 14.5 Å². The van der Waals surface area contributed by atoms with Crippen molar-refractivity contribution in [3.63, 3.8) is 0 Å². The van der Waals surface area contributed by atoms with Crippen molar-refractivity contribution >= 4 is 17.3 Å². The number of carbonyl (C=O) groups is 1. The molecule has 4 N–H and O–H groups in total. The summed E-state index contributed by atoms with van der Waals surface area (Å²) in [6, 6.07) is 4.17. The van der Waals surface area contributed by atoms with Gasteiger partial charge >= 0.3 is 0 Å². The highest BCUT2D eigenvalue weighted by molar-refractivity contribution is 5.95. The monoisotopic (exact) mass is 280 g/mol. The Morgan fingerprint density at radius 1 is 1.40 bits per heavy atom. The summed E-state index contributed by atoms with van der Waals surface area (Å²) in [5.74, 6) is 4.87. The quantitative estimate of drug-likeness (QED) is 0.426. The second-order valence-corrected chi connectivity index (χ2v) is 4.49. The molecular formula is C12H16N4O4. The van der Waals surface area contributed by atoms with E-state index in [1.54, 1.807) is 0 Å². The molecule has 1 heterocycles. The number of nitrogens with zero attached hydrogens (tertiary/aromatic N) is 1. The van der Waals surface area contributed by atoms with Gasteiger partial charge in [0.25, 0.3) is 11.6 Å². The zero-order valence-corrected chi connectivity index (χ0v) is 10.8. The first kappa shape index (κ1) is 14.2. The van der Waals surface area contributed by atoms with Gasteiger partial charge in [0.15, 0.2) is 0 Å². The summed E-state index contributed by atoms with van der Waals surface area (Å²) in [5.41, 5.74) is 2.41. The van der Waals surface area contributed by atoms with E-state index in [1.165, 1.54) is 18.2 Å². The minimum absolute atomic E-state index is 0.0441. The Labute approximate surface area is 115 Å². The van der Waals surface area contributed by atoms with Gasteiger partial charge in [-0.15, -0.1) is 0 Å². The summed E-state index contributed by atoms with van der Waals surface area (Å²) in [4.78, 5) is 22.4. The zero-order valence-electron chi connectivity index (χ0n) is 10.8. The number of ether oxygens (including phenoxy) is 1. The molecule has 1 aromatic carbocycles. The highest BCUT2D eigenvalue weighted by atomic mass is 16.6. The Kier molecular flexibility index (Phi) is 4.49. The maximum absolute atomic E-state index is 12.1. The highest BCUT2D eigenvalue weighted by Crippen LogP contribution is 2.24. The third-order valence-corrected chi connectivity index (χ3v) is 3.17. The van der Waals surface area contributed by atoms with E-state index < -0.39 is 4.92 Å². The van der Waals surface area contributed by atoms with Crippen LogP contribution in [0.1, 0.15) is 23.2 Å². The second-order valence-electron chi connectivity index (χ2n) is 4.49. The Morgan fingerprint density at radius 3 is 2.70 bits per heavy atom. The minimum Gasteiger partial charge on any atom is -0.381 e. The fraction of sp³-hybridized carbons (Fsp3) is 0.417. The van der Waals surface area contributed by atoms with Crippen molar-refractivity contribution in [1.82, 2.24) is 5.32 Å². The van der Waals surface area contributed by atoms with Gasteiger partial charge in [0, 0.05) is 30.9 Å². The number of nitrogen functional groups attached to an aromatic ring is 1. The highest BCUT2D eigenvalue weighted by Gasteiger charge is 2.20. The van der Waals surface area contributed by atoms with Gasteiger partial charge in [0.1, 0.15) is 5.69 Å². The summed E-state index contributed by atoms with van der Waals surface area (Å²) in [6.45, 7) is 1.22. The van der Waals surface area contributed by atoms with Crippen LogP contribution < -0.4 is 16.6 Å². The SMILES string of the molecule is NNc1ccc(C(=O)NC2CCOCC2)cc1[N+](=O)[O-]. The summed E-state index contributed by atoms with van der Waals surface area (Å²) < 4.78 is 5.21. The van der Waals surface area contributed by atoms with Crippen LogP contribution in [-0.2, 0) is 4.74 Å². The van der Waals surface area contributed by atoms with Gasteiger partial charge in [-0.3, -0.25) is 20.8 Å². The molecule has 1 amide bonds. The number of carbonyl (C=O) groups excluding carboxylic acids is 1. The predicted molar refractivity (Wildman–Crippen MR) is 72.2 cm³/mol.